The van der Waals surface area contributed by atoms with Crippen molar-refractivity contribution < 1.29 is 18.0 Å². The van der Waals surface area contributed by atoms with Crippen LogP contribution in [0.4, 0.5) is 13.2 Å². The number of hydrogen-bond donors (Lipinski definition) is 2. The van der Waals surface area contributed by atoms with E-state index in [1.165, 1.54) is 0 Å². The highest BCUT2D eigenvalue weighted by atomic mass is 19.4. The minimum absolute atomic E-state index is 1.14. The van der Waals surface area contributed by atoms with Gasteiger partial charge in [0.25, 0.3) is 0 Å². The van der Waals surface area contributed by atoms with Crippen molar-refractivity contribution in [2.45, 2.75) is 6.18 Å². The summed E-state index contributed by atoms with van der Waals surface area (Å²) in [4.78, 5) is 3.61. The van der Waals surface area contributed by atoms with E-state index in [2.05, 4.69) is 4.84 Å². The maximum Gasteiger partial charge on any atom is 0.470 e. The second-order valence-electron chi connectivity index (χ2n) is 1.13. The van der Waals surface area contributed by atoms with Crippen LogP contribution in [0.2, 0.25) is 0 Å². The molecular weight excluding hydrogens is 137 g/mol. The van der Waals surface area contributed by atoms with Gasteiger partial charge in [-0.15, -0.1) is 0 Å². The Hall–Kier alpha value is -0.780. The van der Waals surface area contributed by atoms with E-state index in [0.717, 1.165) is 7.05 Å². The fourth-order valence-corrected chi connectivity index (χ4v) is 0.160. The van der Waals surface area contributed by atoms with E-state index in [-0.39, 0.29) is 0 Å². The van der Waals surface area contributed by atoms with Crippen LogP contribution in [0, 0.1) is 5.41 Å². The van der Waals surface area contributed by atoms with Gasteiger partial charge < -0.3 is 4.84 Å². The Kier molecular flexibility index (Phi) is 2.44. The first-order valence-corrected chi connectivity index (χ1v) is 1.98. The molecule has 0 bridgehead atoms. The highest BCUT2D eigenvalue weighted by Gasteiger charge is 2.37. The molecule has 0 amide bonds. The quantitative estimate of drug-likeness (QED) is 0.321. The molecule has 9 heavy (non-hydrogen) atoms. The monoisotopic (exact) mass is 142 g/mol. The fourth-order valence-electron chi connectivity index (χ4n) is 0.160. The highest BCUT2D eigenvalue weighted by molar-refractivity contribution is 5.78. The zero-order valence-corrected chi connectivity index (χ0v) is 4.54. The van der Waals surface area contributed by atoms with E-state index in [0.29, 0.717) is 0 Å². The second kappa shape index (κ2) is 2.67. The van der Waals surface area contributed by atoms with Crippen LogP contribution >= 0.6 is 0 Å². The third kappa shape index (κ3) is 2.91. The van der Waals surface area contributed by atoms with Crippen LogP contribution in [0.3, 0.4) is 0 Å². The third-order valence-electron chi connectivity index (χ3n) is 0.462. The van der Waals surface area contributed by atoms with Gasteiger partial charge in [0.2, 0.25) is 0 Å². The molecule has 0 rings (SSSR count). The number of halogens is 3. The van der Waals surface area contributed by atoms with Crippen molar-refractivity contribution in [2.24, 2.45) is 0 Å². The van der Waals surface area contributed by atoms with Crippen LogP contribution in [0.25, 0.3) is 0 Å². The van der Waals surface area contributed by atoms with E-state index in [1.807, 2.05) is 0 Å². The van der Waals surface area contributed by atoms with Crippen molar-refractivity contribution in [1.29, 1.82) is 5.41 Å². The predicted molar refractivity (Wildman–Crippen MR) is 23.9 cm³/mol. The summed E-state index contributed by atoms with van der Waals surface area (Å²) in [5, 5.41) is 6.13. The molecule has 0 saturated heterocycles. The number of rotatable bonds is 1. The van der Waals surface area contributed by atoms with Gasteiger partial charge in [-0.05, 0) is 0 Å². The van der Waals surface area contributed by atoms with Gasteiger partial charge in [0.1, 0.15) is 0 Å². The first kappa shape index (κ1) is 8.22. The van der Waals surface area contributed by atoms with Gasteiger partial charge in [0.15, 0.2) is 0 Å². The molecule has 54 valence electrons. The number of nitrogens with one attached hydrogen (secondary N) is 2. The number of hydrogen-bond acceptors (Lipinski definition) is 3. The molecule has 2 N–H and O–H groups in total. The van der Waals surface area contributed by atoms with Crippen LogP contribution in [0.15, 0.2) is 0 Å². The van der Waals surface area contributed by atoms with Gasteiger partial charge >= 0.3 is 12.1 Å². The molecule has 0 radical (unpaired) electrons. The molecule has 0 heterocycles. The Bertz CT molecular complexity index is 110. The zero-order valence-electron chi connectivity index (χ0n) is 4.54. The van der Waals surface area contributed by atoms with Crippen molar-refractivity contribution in [2.75, 3.05) is 7.05 Å². The average Bonchev–Trinajstić information content (AvgIpc) is 1.64. The molecule has 0 aromatic carbocycles. The van der Waals surface area contributed by atoms with Gasteiger partial charge in [-0.2, -0.15) is 18.7 Å². The number of alkyl halides is 3. The molecular formula is C3H5F3N2O. The molecule has 0 aromatic rings. The first-order valence-electron chi connectivity index (χ1n) is 1.98. The maximum absolute atomic E-state index is 11.2. The summed E-state index contributed by atoms with van der Waals surface area (Å²) in [6.45, 7) is 0. The molecule has 0 saturated carbocycles. The Labute approximate surface area is 49.3 Å². The SMILES string of the molecule is CNOC(=N)C(F)(F)F. The lowest BCUT2D eigenvalue weighted by Gasteiger charge is -2.06. The summed E-state index contributed by atoms with van der Waals surface area (Å²) in [7, 11) is 1.14. The Morgan fingerprint density at radius 2 is 2.00 bits per heavy atom. The number of hydroxylamine groups is 1. The van der Waals surface area contributed by atoms with Crippen molar-refractivity contribution in [3.63, 3.8) is 0 Å². The summed E-state index contributed by atoms with van der Waals surface area (Å²) >= 11 is 0. The van der Waals surface area contributed by atoms with Gasteiger partial charge in [-0.1, -0.05) is 0 Å². The van der Waals surface area contributed by atoms with Crippen LogP contribution in [0.1, 0.15) is 0 Å². The summed E-state index contributed by atoms with van der Waals surface area (Å²) < 4.78 is 33.7. The predicted octanol–water partition coefficient (Wildman–Crippen LogP) is 0.677. The largest absolute Gasteiger partial charge is 0.470 e. The molecule has 0 spiro atoms. The lowest BCUT2D eigenvalue weighted by molar-refractivity contribution is -0.0849. The van der Waals surface area contributed by atoms with Crippen molar-refractivity contribution >= 4 is 5.90 Å². The topological polar surface area (TPSA) is 45.1 Å². The molecule has 0 fully saturated rings. The Balaban J connectivity index is 3.74. The van der Waals surface area contributed by atoms with E-state index >= 15 is 0 Å². The molecule has 0 aliphatic rings. The molecule has 0 atom stereocenters. The second-order valence-corrected chi connectivity index (χ2v) is 1.13. The van der Waals surface area contributed by atoms with Crippen LogP contribution < -0.4 is 5.48 Å². The van der Waals surface area contributed by atoms with E-state index < -0.39 is 12.1 Å². The first-order chi connectivity index (χ1) is 3.98. The third-order valence-corrected chi connectivity index (χ3v) is 0.462. The van der Waals surface area contributed by atoms with Crippen molar-refractivity contribution in [3.8, 4) is 0 Å². The standard InChI is InChI=1S/C3H5F3N2O/c1-8-9-2(7)3(4,5)6/h7-8H,1H3. The fraction of sp³-hybridized carbons (Fsp3) is 0.667. The minimum Gasteiger partial charge on any atom is -0.384 e. The molecule has 0 aliphatic heterocycles. The molecule has 6 heteroatoms. The van der Waals surface area contributed by atoms with Crippen LogP contribution in [-0.2, 0) is 4.84 Å². The minimum atomic E-state index is -4.69. The Morgan fingerprint density at radius 1 is 1.56 bits per heavy atom. The van der Waals surface area contributed by atoms with Gasteiger partial charge in [-0.3, -0.25) is 5.41 Å². The van der Waals surface area contributed by atoms with Gasteiger partial charge in [0, 0.05) is 7.05 Å². The summed E-state index contributed by atoms with van der Waals surface area (Å²) in [5.41, 5.74) is 1.73. The molecule has 0 aliphatic carbocycles. The van der Waals surface area contributed by atoms with Crippen molar-refractivity contribution in [1.82, 2.24) is 5.48 Å². The zero-order chi connectivity index (χ0) is 7.49. The van der Waals surface area contributed by atoms with E-state index in [1.54, 1.807) is 5.48 Å². The normalized spacial score (nSPS) is 11.1. The maximum atomic E-state index is 11.2. The summed E-state index contributed by atoms with van der Waals surface area (Å²) in [5.74, 6) is -1.75. The van der Waals surface area contributed by atoms with Gasteiger partial charge in [-0.25, -0.2) is 0 Å². The highest BCUT2D eigenvalue weighted by Crippen LogP contribution is 2.15. The molecule has 0 unspecified atom stereocenters. The summed E-state index contributed by atoms with van der Waals surface area (Å²) in [6, 6.07) is 0. The lowest BCUT2D eigenvalue weighted by atomic mass is 10.7. The van der Waals surface area contributed by atoms with Gasteiger partial charge in [0.05, 0.1) is 0 Å². The van der Waals surface area contributed by atoms with Crippen LogP contribution in [-0.4, -0.2) is 19.1 Å². The smallest absolute Gasteiger partial charge is 0.384 e. The lowest BCUT2D eigenvalue weighted by Crippen LogP contribution is -2.28. The van der Waals surface area contributed by atoms with Crippen LogP contribution in [0.5, 0.6) is 0 Å². The Morgan fingerprint density at radius 3 is 2.11 bits per heavy atom. The average molecular weight is 142 g/mol. The van der Waals surface area contributed by atoms with E-state index in [9.17, 15) is 13.2 Å². The van der Waals surface area contributed by atoms with Crippen molar-refractivity contribution in [3.05, 3.63) is 0 Å². The van der Waals surface area contributed by atoms with E-state index in [4.69, 9.17) is 5.41 Å². The molecule has 3 nitrogen and oxygen atoms in total. The molecule has 0 aromatic heterocycles. The summed E-state index contributed by atoms with van der Waals surface area (Å²) in [6.07, 6.45) is -4.69.